The molecule has 3 unspecified atom stereocenters. The third-order valence-corrected chi connectivity index (χ3v) is 6.36. The largest absolute Gasteiger partial charge is 0.368 e. The van der Waals surface area contributed by atoms with Crippen LogP contribution in [-0.4, -0.2) is 16.5 Å². The van der Waals surface area contributed by atoms with Crippen molar-refractivity contribution in [2.24, 2.45) is 28.6 Å². The summed E-state index contributed by atoms with van der Waals surface area (Å²) in [6.07, 6.45) is 7.42. The molecule has 0 saturated heterocycles. The van der Waals surface area contributed by atoms with Gasteiger partial charge in [0.15, 0.2) is 6.29 Å². The van der Waals surface area contributed by atoms with Crippen molar-refractivity contribution < 1.29 is 10.2 Å². The Balaban J connectivity index is 1.94. The summed E-state index contributed by atoms with van der Waals surface area (Å²) in [4.78, 5) is 0. The van der Waals surface area contributed by atoms with Crippen LogP contribution < -0.4 is 0 Å². The summed E-state index contributed by atoms with van der Waals surface area (Å²) in [6, 6.07) is 0. The molecule has 17 heavy (non-hydrogen) atoms. The minimum Gasteiger partial charge on any atom is -0.368 e. The maximum Gasteiger partial charge on any atom is 0.157 e. The van der Waals surface area contributed by atoms with E-state index in [1.807, 2.05) is 0 Å². The first-order valence-electron chi connectivity index (χ1n) is 7.36. The molecule has 0 radical (unpaired) electrons. The minimum atomic E-state index is -1.09. The molecule has 0 amide bonds. The fourth-order valence-corrected chi connectivity index (χ4v) is 5.72. The van der Waals surface area contributed by atoms with Gasteiger partial charge in [-0.3, -0.25) is 0 Å². The van der Waals surface area contributed by atoms with Gasteiger partial charge in [0.2, 0.25) is 0 Å². The Morgan fingerprint density at radius 3 is 2.06 bits per heavy atom. The highest BCUT2D eigenvalue weighted by Crippen LogP contribution is 2.68. The van der Waals surface area contributed by atoms with Crippen LogP contribution in [-0.2, 0) is 0 Å². The predicted octanol–water partition coefficient (Wildman–Crippen LogP) is 2.93. The molecule has 4 bridgehead atoms. The number of rotatable bonds is 3. The van der Waals surface area contributed by atoms with Gasteiger partial charge in [-0.1, -0.05) is 20.3 Å². The predicted molar refractivity (Wildman–Crippen MR) is 67.2 cm³/mol. The second-order valence-corrected chi connectivity index (χ2v) is 7.37. The van der Waals surface area contributed by atoms with Gasteiger partial charge >= 0.3 is 0 Å². The molecule has 3 atom stereocenters. The summed E-state index contributed by atoms with van der Waals surface area (Å²) < 4.78 is 0. The van der Waals surface area contributed by atoms with Gasteiger partial charge in [0.1, 0.15) is 0 Å². The zero-order chi connectivity index (χ0) is 12.3. The highest BCUT2D eigenvalue weighted by molar-refractivity contribution is 5.09. The quantitative estimate of drug-likeness (QED) is 0.742. The summed E-state index contributed by atoms with van der Waals surface area (Å²) in [6.45, 7) is 4.66. The molecule has 0 aromatic carbocycles. The second-order valence-electron chi connectivity index (χ2n) is 7.37. The number of hydrogen-bond donors (Lipinski definition) is 2. The minimum absolute atomic E-state index is 0.145. The van der Waals surface area contributed by atoms with Gasteiger partial charge in [0.05, 0.1) is 0 Å². The molecule has 4 fully saturated rings. The topological polar surface area (TPSA) is 40.5 Å². The van der Waals surface area contributed by atoms with Crippen molar-refractivity contribution in [1.29, 1.82) is 0 Å². The number of hydrogen-bond acceptors (Lipinski definition) is 2. The molecule has 0 aliphatic heterocycles. The van der Waals surface area contributed by atoms with Crippen LogP contribution in [0, 0.1) is 28.6 Å². The number of aliphatic hydroxyl groups is 2. The van der Waals surface area contributed by atoms with Crippen molar-refractivity contribution in [3.63, 3.8) is 0 Å². The van der Waals surface area contributed by atoms with Crippen LogP contribution in [0.3, 0.4) is 0 Å². The van der Waals surface area contributed by atoms with Gasteiger partial charge in [-0.05, 0) is 61.7 Å². The molecular formula is C15H26O2. The lowest BCUT2D eigenvalue weighted by Gasteiger charge is -2.64. The Kier molecular flexibility index (Phi) is 2.61. The highest BCUT2D eigenvalue weighted by atomic mass is 16.5. The molecule has 0 aromatic heterocycles. The smallest absolute Gasteiger partial charge is 0.157 e. The van der Waals surface area contributed by atoms with Crippen molar-refractivity contribution in [2.45, 2.75) is 65.1 Å². The Hall–Kier alpha value is -0.0800. The summed E-state index contributed by atoms with van der Waals surface area (Å²) in [5.74, 6) is 2.28. The van der Waals surface area contributed by atoms with Crippen molar-refractivity contribution in [2.75, 3.05) is 0 Å². The van der Waals surface area contributed by atoms with E-state index in [0.29, 0.717) is 5.41 Å². The Morgan fingerprint density at radius 2 is 1.59 bits per heavy atom. The molecule has 2 N–H and O–H groups in total. The first-order valence-corrected chi connectivity index (χ1v) is 7.36. The number of aliphatic hydroxyl groups excluding tert-OH is 1. The Morgan fingerprint density at radius 1 is 1.06 bits per heavy atom. The molecular weight excluding hydrogens is 212 g/mol. The van der Waals surface area contributed by atoms with E-state index in [4.69, 9.17) is 0 Å². The van der Waals surface area contributed by atoms with Gasteiger partial charge < -0.3 is 10.2 Å². The first kappa shape index (κ1) is 12.0. The molecule has 2 heteroatoms. The van der Waals surface area contributed by atoms with Gasteiger partial charge in [-0.2, -0.15) is 0 Å². The molecule has 0 aromatic rings. The molecule has 2 nitrogen and oxygen atoms in total. The molecule has 0 heterocycles. The van der Waals surface area contributed by atoms with Crippen LogP contribution in [0.5, 0.6) is 0 Å². The van der Waals surface area contributed by atoms with E-state index in [1.165, 1.54) is 25.7 Å². The Labute approximate surface area is 104 Å². The summed E-state index contributed by atoms with van der Waals surface area (Å²) in [5.41, 5.74) is 0.288. The van der Waals surface area contributed by atoms with Crippen LogP contribution in [0.25, 0.3) is 0 Å². The maximum absolute atomic E-state index is 9.84. The second kappa shape index (κ2) is 3.71. The molecule has 4 saturated carbocycles. The van der Waals surface area contributed by atoms with E-state index in [1.54, 1.807) is 0 Å². The average Bonchev–Trinajstić information content (AvgIpc) is 2.26. The van der Waals surface area contributed by atoms with E-state index in [-0.39, 0.29) is 5.41 Å². The van der Waals surface area contributed by atoms with Crippen LogP contribution in [0.4, 0.5) is 0 Å². The van der Waals surface area contributed by atoms with Crippen molar-refractivity contribution >= 4 is 0 Å². The first-order chi connectivity index (χ1) is 8.00. The van der Waals surface area contributed by atoms with Crippen LogP contribution in [0.15, 0.2) is 0 Å². The van der Waals surface area contributed by atoms with E-state index in [0.717, 1.165) is 37.0 Å². The summed E-state index contributed by atoms with van der Waals surface area (Å²) in [7, 11) is 0. The molecule has 4 rings (SSSR count). The van der Waals surface area contributed by atoms with Crippen molar-refractivity contribution in [1.82, 2.24) is 0 Å². The lowest BCUT2D eigenvalue weighted by atomic mass is 9.41. The monoisotopic (exact) mass is 238 g/mol. The molecule has 98 valence electrons. The standard InChI is InChI=1S/C15H26O2/c1-3-10(2)14-5-11-4-12(6-14)8-15(7-11,9-14)13(16)17/h10-13,16-17H,3-9H2,1-2H3. The van der Waals surface area contributed by atoms with Gasteiger partial charge in [-0.15, -0.1) is 0 Å². The molecule has 4 aliphatic rings. The average molecular weight is 238 g/mol. The molecule has 4 aliphatic carbocycles. The van der Waals surface area contributed by atoms with Crippen LogP contribution in [0.2, 0.25) is 0 Å². The third kappa shape index (κ3) is 1.60. The van der Waals surface area contributed by atoms with E-state index < -0.39 is 6.29 Å². The zero-order valence-corrected chi connectivity index (χ0v) is 11.2. The third-order valence-electron chi connectivity index (χ3n) is 6.36. The SMILES string of the molecule is CCC(C)C12CC3CC(CC(C(O)O)(C3)C1)C2. The van der Waals surface area contributed by atoms with Gasteiger partial charge in [-0.25, -0.2) is 0 Å². The molecule has 0 spiro atoms. The zero-order valence-electron chi connectivity index (χ0n) is 11.2. The normalized spacial score (nSPS) is 49.9. The van der Waals surface area contributed by atoms with Crippen LogP contribution >= 0.6 is 0 Å². The van der Waals surface area contributed by atoms with E-state index in [2.05, 4.69) is 13.8 Å². The summed E-state index contributed by atoms with van der Waals surface area (Å²) >= 11 is 0. The van der Waals surface area contributed by atoms with Crippen molar-refractivity contribution in [3.8, 4) is 0 Å². The van der Waals surface area contributed by atoms with Gasteiger partial charge in [0.25, 0.3) is 0 Å². The fourth-order valence-electron chi connectivity index (χ4n) is 5.72. The Bertz CT molecular complexity index is 296. The van der Waals surface area contributed by atoms with E-state index >= 15 is 0 Å². The lowest BCUT2D eigenvalue weighted by Crippen LogP contribution is -2.57. The van der Waals surface area contributed by atoms with Crippen molar-refractivity contribution in [3.05, 3.63) is 0 Å². The summed E-state index contributed by atoms with van der Waals surface area (Å²) in [5, 5.41) is 19.7. The van der Waals surface area contributed by atoms with Crippen LogP contribution in [0.1, 0.15) is 58.8 Å². The van der Waals surface area contributed by atoms with E-state index in [9.17, 15) is 10.2 Å². The maximum atomic E-state index is 9.84. The highest BCUT2D eigenvalue weighted by Gasteiger charge is 2.60. The fraction of sp³-hybridized carbons (Fsp3) is 1.00. The lowest BCUT2D eigenvalue weighted by molar-refractivity contribution is -0.233. The van der Waals surface area contributed by atoms with Gasteiger partial charge in [0, 0.05) is 5.41 Å².